The number of carbonyl (C=O) groups is 1. The predicted molar refractivity (Wildman–Crippen MR) is 95.9 cm³/mol. The van der Waals surface area contributed by atoms with Crippen molar-refractivity contribution in [2.24, 2.45) is 0 Å². The average molecular weight is 360 g/mol. The summed E-state index contributed by atoms with van der Waals surface area (Å²) in [6, 6.07) is 7.82. The van der Waals surface area contributed by atoms with Crippen LogP contribution in [-0.2, 0) is 11.5 Å². The minimum absolute atomic E-state index is 0.00843. The van der Waals surface area contributed by atoms with Gasteiger partial charge < -0.3 is 16.4 Å². The molecule has 0 bridgehead atoms. The smallest absolute Gasteiger partial charge is 0.246 e. The number of amides is 1. The molecule has 0 saturated carbocycles. The molecule has 1 aromatic heterocycles. The number of nitrogens with one attached hydrogen (secondary N) is 2. The summed E-state index contributed by atoms with van der Waals surface area (Å²) in [4.78, 5) is 20.3. The molecule has 1 unspecified atom stereocenters. The topological polar surface area (TPSA) is 117 Å². The molecule has 0 radical (unpaired) electrons. The zero-order valence-electron chi connectivity index (χ0n) is 13.7. The summed E-state index contributed by atoms with van der Waals surface area (Å²) in [5.41, 5.74) is 6.83. The van der Waals surface area contributed by atoms with Crippen molar-refractivity contribution in [3.05, 3.63) is 35.4 Å². The number of nitrogen functional groups attached to an aromatic ring is 1. The minimum atomic E-state index is -0.704. The number of hydrogen-bond acceptors (Lipinski definition) is 7. The van der Waals surface area contributed by atoms with Crippen LogP contribution in [0.4, 0.5) is 21.8 Å². The van der Waals surface area contributed by atoms with Gasteiger partial charge in [0.15, 0.2) is 5.82 Å². The van der Waals surface area contributed by atoms with Gasteiger partial charge in [-0.2, -0.15) is 10.2 Å². The molecule has 0 aliphatic rings. The number of nitriles is 1. The molecule has 0 aliphatic carbocycles. The largest absolute Gasteiger partial charge is 0.368 e. The Hall–Kier alpha value is -2.86. The molecule has 1 amide bonds. The van der Waals surface area contributed by atoms with E-state index in [2.05, 4.69) is 20.6 Å². The van der Waals surface area contributed by atoms with E-state index >= 15 is 0 Å². The lowest BCUT2D eigenvalue weighted by molar-refractivity contribution is -0.116. The molecule has 9 heteroatoms. The van der Waals surface area contributed by atoms with Crippen LogP contribution in [0, 0.1) is 11.3 Å². The normalized spacial score (nSPS) is 11.4. The quantitative estimate of drug-likeness (QED) is 0.535. The van der Waals surface area contributed by atoms with Crippen molar-refractivity contribution >= 4 is 35.1 Å². The highest BCUT2D eigenvalue weighted by Crippen LogP contribution is 2.24. The molecule has 25 heavy (non-hydrogen) atoms. The van der Waals surface area contributed by atoms with E-state index in [1.54, 1.807) is 37.4 Å². The fraction of sp³-hybridized carbons (Fsp3) is 0.250. The first kappa shape index (κ1) is 18.5. The molecule has 1 atom stereocenters. The number of alkyl halides is 1. The Morgan fingerprint density at radius 2 is 2.24 bits per heavy atom. The Bertz CT molecular complexity index is 823. The van der Waals surface area contributed by atoms with Crippen molar-refractivity contribution in [2.75, 3.05) is 22.6 Å². The molecule has 7 nitrogen and oxygen atoms in total. The van der Waals surface area contributed by atoms with Crippen molar-refractivity contribution in [2.45, 2.75) is 24.7 Å². The van der Waals surface area contributed by atoms with Crippen molar-refractivity contribution in [1.82, 2.24) is 9.97 Å². The van der Waals surface area contributed by atoms with Crippen LogP contribution in [-0.4, -0.2) is 28.2 Å². The number of halogens is 1. The maximum atomic E-state index is 12.7. The lowest BCUT2D eigenvalue weighted by Crippen LogP contribution is -2.32. The summed E-state index contributed by atoms with van der Waals surface area (Å²) in [7, 11) is 0. The minimum Gasteiger partial charge on any atom is -0.368 e. The number of nitrogens with two attached hydrogens (primary N) is 1. The van der Waals surface area contributed by atoms with Crippen LogP contribution in [0.15, 0.2) is 29.3 Å². The molecule has 2 aromatic rings. The van der Waals surface area contributed by atoms with Gasteiger partial charge in [-0.1, -0.05) is 12.1 Å². The summed E-state index contributed by atoms with van der Waals surface area (Å²) in [5, 5.41) is 15.3. The van der Waals surface area contributed by atoms with Crippen LogP contribution in [0.5, 0.6) is 0 Å². The van der Waals surface area contributed by atoms with Gasteiger partial charge in [-0.25, -0.2) is 9.37 Å². The lowest BCUT2D eigenvalue weighted by atomic mass is 10.2. The number of thioether (sulfide) groups is 1. The number of rotatable bonds is 6. The SMILES string of the molecule is CSc1nc(N)nc(NC(C)C(=O)Nc2cccc(CF)c2)c1C#N. The second-order valence-electron chi connectivity index (χ2n) is 5.12. The summed E-state index contributed by atoms with van der Waals surface area (Å²) in [5.74, 6) is -0.156. The summed E-state index contributed by atoms with van der Waals surface area (Å²) >= 11 is 1.26. The van der Waals surface area contributed by atoms with Crippen molar-refractivity contribution < 1.29 is 9.18 Å². The third-order valence-electron chi connectivity index (χ3n) is 3.29. The van der Waals surface area contributed by atoms with Crippen LogP contribution in [0.1, 0.15) is 18.1 Å². The standard InChI is InChI=1S/C16H17FN6OS/c1-9(14(24)21-11-5-3-4-10(6-11)7-17)20-13-12(8-18)15(25-2)23-16(19)22-13/h3-6,9H,7H2,1-2H3,(H,21,24)(H3,19,20,22,23). The Morgan fingerprint density at radius 1 is 1.48 bits per heavy atom. The molecule has 0 spiro atoms. The van der Waals surface area contributed by atoms with Crippen LogP contribution < -0.4 is 16.4 Å². The molecule has 4 N–H and O–H groups in total. The Balaban J connectivity index is 2.16. The molecule has 0 saturated heterocycles. The molecule has 0 aliphatic heterocycles. The number of anilines is 3. The van der Waals surface area contributed by atoms with Crippen molar-refractivity contribution in [3.8, 4) is 6.07 Å². The number of aromatic nitrogens is 2. The van der Waals surface area contributed by atoms with Crippen LogP contribution in [0.25, 0.3) is 0 Å². The van der Waals surface area contributed by atoms with E-state index < -0.39 is 12.7 Å². The zero-order valence-corrected chi connectivity index (χ0v) is 14.5. The van der Waals surface area contributed by atoms with Gasteiger partial charge in [-0.3, -0.25) is 4.79 Å². The van der Waals surface area contributed by atoms with E-state index in [-0.39, 0.29) is 23.2 Å². The second kappa shape index (κ2) is 8.30. The molecule has 1 aromatic carbocycles. The number of nitrogens with zero attached hydrogens (tertiary/aromatic N) is 3. The fourth-order valence-electron chi connectivity index (χ4n) is 2.06. The van der Waals surface area contributed by atoms with Gasteiger partial charge in [-0.05, 0) is 30.9 Å². The molecule has 1 heterocycles. The predicted octanol–water partition coefficient (Wildman–Crippen LogP) is 2.56. The monoisotopic (exact) mass is 360 g/mol. The van der Waals surface area contributed by atoms with E-state index in [4.69, 9.17) is 5.73 Å². The maximum Gasteiger partial charge on any atom is 0.246 e. The van der Waals surface area contributed by atoms with Gasteiger partial charge in [0.1, 0.15) is 29.4 Å². The first-order valence-corrected chi connectivity index (χ1v) is 8.54. The highest BCUT2D eigenvalue weighted by atomic mass is 32.2. The molecule has 0 fully saturated rings. The van der Waals surface area contributed by atoms with Gasteiger partial charge >= 0.3 is 0 Å². The van der Waals surface area contributed by atoms with Gasteiger partial charge in [-0.15, -0.1) is 11.8 Å². The van der Waals surface area contributed by atoms with E-state index in [9.17, 15) is 14.4 Å². The maximum absolute atomic E-state index is 12.7. The second-order valence-corrected chi connectivity index (χ2v) is 5.91. The summed E-state index contributed by atoms with van der Waals surface area (Å²) in [6.45, 7) is 1.01. The highest BCUT2D eigenvalue weighted by molar-refractivity contribution is 7.98. The van der Waals surface area contributed by atoms with E-state index in [1.807, 2.05) is 6.07 Å². The summed E-state index contributed by atoms with van der Waals surface area (Å²) in [6.07, 6.45) is 1.76. The first-order valence-electron chi connectivity index (χ1n) is 7.32. The molecule has 130 valence electrons. The zero-order chi connectivity index (χ0) is 18.4. The van der Waals surface area contributed by atoms with Gasteiger partial charge in [0.25, 0.3) is 0 Å². The van der Waals surface area contributed by atoms with Crippen LogP contribution in [0.2, 0.25) is 0 Å². The van der Waals surface area contributed by atoms with E-state index in [0.29, 0.717) is 16.3 Å². The number of benzene rings is 1. The molecular weight excluding hydrogens is 343 g/mol. The Morgan fingerprint density at radius 3 is 2.88 bits per heavy atom. The lowest BCUT2D eigenvalue weighted by Gasteiger charge is -2.16. The van der Waals surface area contributed by atoms with Gasteiger partial charge in [0, 0.05) is 5.69 Å². The Kier molecular flexibility index (Phi) is 6.14. The van der Waals surface area contributed by atoms with E-state index in [1.165, 1.54) is 11.8 Å². The molecule has 2 rings (SSSR count). The average Bonchev–Trinajstić information content (AvgIpc) is 2.61. The molecular formula is C16H17FN6OS. The summed E-state index contributed by atoms with van der Waals surface area (Å²) < 4.78 is 12.7. The van der Waals surface area contributed by atoms with Crippen LogP contribution in [0.3, 0.4) is 0 Å². The van der Waals surface area contributed by atoms with Gasteiger partial charge in [0.2, 0.25) is 11.9 Å². The number of hydrogen-bond donors (Lipinski definition) is 3. The number of carbonyl (C=O) groups excluding carboxylic acids is 1. The fourth-order valence-corrected chi connectivity index (χ4v) is 2.59. The van der Waals surface area contributed by atoms with Crippen molar-refractivity contribution in [3.63, 3.8) is 0 Å². The van der Waals surface area contributed by atoms with Crippen molar-refractivity contribution in [1.29, 1.82) is 5.26 Å². The van der Waals surface area contributed by atoms with Gasteiger partial charge in [0.05, 0.1) is 0 Å². The first-order chi connectivity index (χ1) is 12.0. The third kappa shape index (κ3) is 4.58. The Labute approximate surface area is 148 Å². The van der Waals surface area contributed by atoms with E-state index in [0.717, 1.165) is 0 Å². The third-order valence-corrected chi connectivity index (χ3v) is 3.98. The highest BCUT2D eigenvalue weighted by Gasteiger charge is 2.19. The van der Waals surface area contributed by atoms with Crippen LogP contribution >= 0.6 is 11.8 Å².